The van der Waals surface area contributed by atoms with Gasteiger partial charge in [0.15, 0.2) is 0 Å². The molecule has 2 unspecified atom stereocenters. The summed E-state index contributed by atoms with van der Waals surface area (Å²) < 4.78 is 0. The molecule has 0 bridgehead atoms. The lowest BCUT2D eigenvalue weighted by Gasteiger charge is -2.27. The minimum Gasteiger partial charge on any atom is -0.303 e. The number of hydrogen-bond acceptors (Lipinski definition) is 2. The maximum atomic E-state index is 11.2. The van der Waals surface area contributed by atoms with Crippen molar-refractivity contribution < 1.29 is 4.79 Å². The Morgan fingerprint density at radius 2 is 2.11 bits per heavy atom. The van der Waals surface area contributed by atoms with E-state index in [1.165, 1.54) is 12.0 Å². The van der Waals surface area contributed by atoms with Crippen molar-refractivity contribution in [3.05, 3.63) is 35.9 Å². The summed E-state index contributed by atoms with van der Waals surface area (Å²) in [7, 11) is 0. The molecule has 1 aliphatic heterocycles. The van der Waals surface area contributed by atoms with Crippen LogP contribution in [-0.2, 0) is 4.79 Å². The van der Waals surface area contributed by atoms with Crippen LogP contribution in [0.25, 0.3) is 0 Å². The van der Waals surface area contributed by atoms with Crippen LogP contribution in [0.1, 0.15) is 38.2 Å². The van der Waals surface area contributed by atoms with Gasteiger partial charge in [-0.3, -0.25) is 0 Å². The van der Waals surface area contributed by atoms with Crippen molar-refractivity contribution in [1.29, 1.82) is 0 Å². The number of carbonyl (C=O) groups excluding carboxylic acids is 1. The fourth-order valence-electron chi connectivity index (χ4n) is 2.72. The first-order chi connectivity index (χ1) is 8.67. The maximum Gasteiger partial charge on any atom is 0.127 e. The van der Waals surface area contributed by atoms with E-state index in [2.05, 4.69) is 49.1 Å². The van der Waals surface area contributed by atoms with E-state index < -0.39 is 0 Å². The third-order valence-electron chi connectivity index (χ3n) is 4.22. The third-order valence-corrected chi connectivity index (χ3v) is 4.22. The molecule has 2 heteroatoms. The monoisotopic (exact) mass is 245 g/mol. The van der Waals surface area contributed by atoms with Gasteiger partial charge in [0.25, 0.3) is 0 Å². The largest absolute Gasteiger partial charge is 0.303 e. The van der Waals surface area contributed by atoms with Gasteiger partial charge in [-0.2, -0.15) is 0 Å². The van der Waals surface area contributed by atoms with E-state index in [1.54, 1.807) is 0 Å². The minimum absolute atomic E-state index is 0.175. The molecular formula is C16H23NO. The number of aldehydes is 1. The van der Waals surface area contributed by atoms with E-state index in [0.29, 0.717) is 5.92 Å². The molecule has 0 aromatic heterocycles. The average molecular weight is 245 g/mol. The van der Waals surface area contributed by atoms with Gasteiger partial charge in [0.05, 0.1) is 0 Å². The van der Waals surface area contributed by atoms with E-state index >= 15 is 0 Å². The van der Waals surface area contributed by atoms with Crippen LogP contribution in [0.5, 0.6) is 0 Å². The van der Waals surface area contributed by atoms with Crippen LogP contribution in [0.4, 0.5) is 0 Å². The number of nitrogens with zero attached hydrogens (tertiary/aromatic N) is 1. The second-order valence-corrected chi connectivity index (χ2v) is 5.76. The summed E-state index contributed by atoms with van der Waals surface area (Å²) in [6, 6.07) is 10.7. The molecule has 0 saturated carbocycles. The lowest BCUT2D eigenvalue weighted by Crippen LogP contribution is -2.35. The van der Waals surface area contributed by atoms with Crippen molar-refractivity contribution in [1.82, 2.24) is 4.90 Å². The number of benzene rings is 1. The van der Waals surface area contributed by atoms with Crippen LogP contribution in [0.3, 0.4) is 0 Å². The molecular weight excluding hydrogens is 222 g/mol. The van der Waals surface area contributed by atoms with Gasteiger partial charge in [-0.25, -0.2) is 0 Å². The van der Waals surface area contributed by atoms with Crippen LogP contribution >= 0.6 is 0 Å². The first-order valence-electron chi connectivity index (χ1n) is 6.90. The van der Waals surface area contributed by atoms with Crippen molar-refractivity contribution >= 4 is 6.29 Å². The summed E-state index contributed by atoms with van der Waals surface area (Å²) in [6.45, 7) is 7.27. The van der Waals surface area contributed by atoms with E-state index in [0.717, 1.165) is 32.3 Å². The van der Waals surface area contributed by atoms with Crippen molar-refractivity contribution in [2.75, 3.05) is 19.6 Å². The van der Waals surface area contributed by atoms with Gasteiger partial charge >= 0.3 is 0 Å². The molecule has 0 spiro atoms. The average Bonchev–Trinajstić information content (AvgIpc) is 2.88. The highest BCUT2D eigenvalue weighted by Gasteiger charge is 2.30. The van der Waals surface area contributed by atoms with Crippen LogP contribution < -0.4 is 0 Å². The van der Waals surface area contributed by atoms with Gasteiger partial charge in [0.2, 0.25) is 0 Å². The normalized spacial score (nSPS) is 23.8. The standard InChI is InChI=1S/C16H23NO/c1-3-16(2,13-18)12-17-10-9-15(11-17)14-7-5-4-6-8-14/h4-8,13,15H,3,9-12H2,1-2H3. The third kappa shape index (κ3) is 2.99. The number of rotatable bonds is 5. The van der Waals surface area contributed by atoms with Crippen LogP contribution in [0.15, 0.2) is 30.3 Å². The fourth-order valence-corrected chi connectivity index (χ4v) is 2.72. The van der Waals surface area contributed by atoms with Crippen LogP contribution in [0.2, 0.25) is 0 Å². The smallest absolute Gasteiger partial charge is 0.127 e. The molecule has 0 amide bonds. The molecule has 1 fully saturated rings. The Balaban J connectivity index is 1.95. The van der Waals surface area contributed by atoms with Gasteiger partial charge in [-0.1, -0.05) is 44.2 Å². The molecule has 0 aliphatic carbocycles. The van der Waals surface area contributed by atoms with Crippen molar-refractivity contribution in [3.63, 3.8) is 0 Å². The first-order valence-corrected chi connectivity index (χ1v) is 6.90. The molecule has 1 aromatic rings. The first kappa shape index (κ1) is 13.3. The second kappa shape index (κ2) is 5.66. The summed E-state index contributed by atoms with van der Waals surface area (Å²) in [5, 5.41) is 0. The highest BCUT2D eigenvalue weighted by molar-refractivity contribution is 5.58. The van der Waals surface area contributed by atoms with Crippen LogP contribution in [-0.4, -0.2) is 30.8 Å². The second-order valence-electron chi connectivity index (χ2n) is 5.76. The Morgan fingerprint density at radius 3 is 2.72 bits per heavy atom. The van der Waals surface area contributed by atoms with Gasteiger partial charge in [0, 0.05) is 18.5 Å². The van der Waals surface area contributed by atoms with Gasteiger partial charge < -0.3 is 9.69 Å². The summed E-state index contributed by atoms with van der Waals surface area (Å²) in [5.41, 5.74) is 1.26. The summed E-state index contributed by atoms with van der Waals surface area (Å²) in [5.74, 6) is 0.638. The molecule has 1 aromatic carbocycles. The molecule has 2 rings (SSSR count). The van der Waals surface area contributed by atoms with Crippen molar-refractivity contribution in [2.24, 2.45) is 5.41 Å². The van der Waals surface area contributed by atoms with Gasteiger partial charge in [-0.15, -0.1) is 0 Å². The maximum absolute atomic E-state index is 11.2. The number of hydrogen-bond donors (Lipinski definition) is 0. The molecule has 18 heavy (non-hydrogen) atoms. The predicted octanol–water partition coefficient (Wildman–Crippen LogP) is 3.09. The van der Waals surface area contributed by atoms with E-state index in [1.807, 2.05) is 0 Å². The molecule has 1 saturated heterocycles. The van der Waals surface area contributed by atoms with Crippen molar-refractivity contribution in [3.8, 4) is 0 Å². The molecule has 2 atom stereocenters. The molecule has 1 aliphatic rings. The zero-order valence-corrected chi connectivity index (χ0v) is 11.4. The predicted molar refractivity (Wildman–Crippen MR) is 74.7 cm³/mol. The van der Waals surface area contributed by atoms with E-state index in [-0.39, 0.29) is 5.41 Å². The SMILES string of the molecule is CCC(C)(C=O)CN1CCC(c2ccccc2)C1. The summed E-state index contributed by atoms with van der Waals surface area (Å²) in [6.07, 6.45) is 3.26. The van der Waals surface area contributed by atoms with E-state index in [4.69, 9.17) is 0 Å². The molecule has 1 heterocycles. The number of carbonyl (C=O) groups is 1. The minimum atomic E-state index is -0.175. The molecule has 0 N–H and O–H groups in total. The van der Waals surface area contributed by atoms with E-state index in [9.17, 15) is 4.79 Å². The Morgan fingerprint density at radius 1 is 1.39 bits per heavy atom. The Kier molecular flexibility index (Phi) is 4.18. The van der Waals surface area contributed by atoms with Gasteiger partial charge in [-0.05, 0) is 30.9 Å². The van der Waals surface area contributed by atoms with Crippen molar-refractivity contribution in [2.45, 2.75) is 32.6 Å². The summed E-state index contributed by atoms with van der Waals surface area (Å²) in [4.78, 5) is 13.6. The Bertz CT molecular complexity index is 389. The highest BCUT2D eigenvalue weighted by Crippen LogP contribution is 2.29. The quantitative estimate of drug-likeness (QED) is 0.743. The molecule has 0 radical (unpaired) electrons. The lowest BCUT2D eigenvalue weighted by atomic mass is 9.89. The topological polar surface area (TPSA) is 20.3 Å². The zero-order valence-electron chi connectivity index (χ0n) is 11.4. The van der Waals surface area contributed by atoms with Crippen LogP contribution in [0, 0.1) is 5.41 Å². The lowest BCUT2D eigenvalue weighted by molar-refractivity contribution is -0.116. The highest BCUT2D eigenvalue weighted by atomic mass is 16.1. The number of likely N-dealkylation sites (tertiary alicyclic amines) is 1. The Hall–Kier alpha value is -1.15. The zero-order chi connectivity index (χ0) is 13.0. The molecule has 2 nitrogen and oxygen atoms in total. The molecule has 98 valence electrons. The summed E-state index contributed by atoms with van der Waals surface area (Å²) >= 11 is 0. The Labute approximate surface area is 110 Å². The fraction of sp³-hybridized carbons (Fsp3) is 0.562. The van der Waals surface area contributed by atoms with Gasteiger partial charge in [0.1, 0.15) is 6.29 Å².